The molecule has 3 heteroatoms. The van der Waals surface area contributed by atoms with Gasteiger partial charge in [0.05, 0.1) is 0 Å². The van der Waals surface area contributed by atoms with Crippen LogP contribution in [0.3, 0.4) is 0 Å². The molecule has 1 rings (SSSR count). The summed E-state index contributed by atoms with van der Waals surface area (Å²) < 4.78 is 5.60. The lowest BCUT2D eigenvalue weighted by Crippen LogP contribution is -2.59. The fourth-order valence-corrected chi connectivity index (χ4v) is 2.83. The van der Waals surface area contributed by atoms with Crippen molar-refractivity contribution in [2.24, 2.45) is 11.8 Å². The minimum absolute atomic E-state index is 0.645. The van der Waals surface area contributed by atoms with E-state index in [9.17, 15) is 0 Å². The van der Waals surface area contributed by atoms with Gasteiger partial charge in [-0.05, 0) is 24.7 Å². The van der Waals surface area contributed by atoms with Crippen molar-refractivity contribution in [3.8, 4) is 0 Å². The van der Waals surface area contributed by atoms with Crippen molar-refractivity contribution >= 4 is 0 Å². The molecule has 0 aromatic heterocycles. The summed E-state index contributed by atoms with van der Waals surface area (Å²) in [4.78, 5) is 2.68. The van der Waals surface area contributed by atoms with Gasteiger partial charge < -0.3 is 10.1 Å². The number of hydrogen-bond donors (Lipinski definition) is 1. The van der Waals surface area contributed by atoms with Crippen LogP contribution in [0.2, 0.25) is 0 Å². The predicted octanol–water partition coefficient (Wildman–Crippen LogP) is 2.76. The van der Waals surface area contributed by atoms with Crippen LogP contribution in [0.5, 0.6) is 0 Å². The molecule has 19 heavy (non-hydrogen) atoms. The third-order valence-electron chi connectivity index (χ3n) is 4.15. The summed E-state index contributed by atoms with van der Waals surface area (Å²) in [6.45, 7) is 16.8. The SMILES string of the molecule is CCCOCCCN1CC(C(C)C)NCC1C(C)C. The Morgan fingerprint density at radius 2 is 1.89 bits per heavy atom. The van der Waals surface area contributed by atoms with E-state index in [0.717, 1.165) is 38.5 Å². The van der Waals surface area contributed by atoms with E-state index in [1.165, 1.54) is 13.1 Å². The van der Waals surface area contributed by atoms with Gasteiger partial charge in [0.2, 0.25) is 0 Å². The molecule has 114 valence electrons. The number of rotatable bonds is 8. The molecule has 0 radical (unpaired) electrons. The second-order valence-corrected chi connectivity index (χ2v) is 6.53. The first-order chi connectivity index (χ1) is 9.06. The maximum Gasteiger partial charge on any atom is 0.0478 e. The molecule has 3 nitrogen and oxygen atoms in total. The highest BCUT2D eigenvalue weighted by Gasteiger charge is 2.30. The molecule has 1 aliphatic heterocycles. The number of nitrogens with one attached hydrogen (secondary N) is 1. The minimum Gasteiger partial charge on any atom is -0.381 e. The van der Waals surface area contributed by atoms with Gasteiger partial charge in [-0.15, -0.1) is 0 Å². The molecular formula is C16H34N2O. The Bertz CT molecular complexity index is 231. The van der Waals surface area contributed by atoms with Crippen molar-refractivity contribution in [3.05, 3.63) is 0 Å². The molecule has 0 aliphatic carbocycles. The zero-order valence-corrected chi connectivity index (χ0v) is 13.6. The highest BCUT2D eigenvalue weighted by atomic mass is 16.5. The molecule has 0 aromatic rings. The molecule has 1 saturated heterocycles. The van der Waals surface area contributed by atoms with E-state index >= 15 is 0 Å². The Morgan fingerprint density at radius 1 is 1.16 bits per heavy atom. The average Bonchev–Trinajstić information content (AvgIpc) is 2.38. The lowest BCUT2D eigenvalue weighted by Gasteiger charge is -2.43. The number of piperazine rings is 1. The Labute approximate surface area is 120 Å². The Balaban J connectivity index is 2.38. The second-order valence-electron chi connectivity index (χ2n) is 6.53. The van der Waals surface area contributed by atoms with Crippen molar-refractivity contribution in [2.75, 3.05) is 32.8 Å². The van der Waals surface area contributed by atoms with Crippen LogP contribution in [-0.2, 0) is 4.74 Å². The van der Waals surface area contributed by atoms with E-state index in [4.69, 9.17) is 4.74 Å². The molecule has 1 heterocycles. The monoisotopic (exact) mass is 270 g/mol. The standard InChI is InChI=1S/C16H34N2O/c1-6-9-19-10-7-8-18-12-15(13(2)3)17-11-16(18)14(4)5/h13-17H,6-12H2,1-5H3. The third-order valence-corrected chi connectivity index (χ3v) is 4.15. The van der Waals surface area contributed by atoms with Gasteiger partial charge >= 0.3 is 0 Å². The largest absolute Gasteiger partial charge is 0.381 e. The summed E-state index contributed by atoms with van der Waals surface area (Å²) in [5, 5.41) is 3.72. The topological polar surface area (TPSA) is 24.5 Å². The second kappa shape index (κ2) is 8.93. The molecule has 0 amide bonds. The summed E-state index contributed by atoms with van der Waals surface area (Å²) >= 11 is 0. The maximum atomic E-state index is 5.60. The quantitative estimate of drug-likeness (QED) is 0.686. The minimum atomic E-state index is 0.645. The first-order valence-electron chi connectivity index (χ1n) is 8.11. The van der Waals surface area contributed by atoms with E-state index in [-0.39, 0.29) is 0 Å². The van der Waals surface area contributed by atoms with Crippen molar-refractivity contribution < 1.29 is 4.74 Å². The highest BCUT2D eigenvalue weighted by Crippen LogP contribution is 2.18. The molecule has 2 atom stereocenters. The van der Waals surface area contributed by atoms with E-state index in [2.05, 4.69) is 44.8 Å². The van der Waals surface area contributed by atoms with Crippen LogP contribution in [0, 0.1) is 11.8 Å². The molecule has 0 aromatic carbocycles. The van der Waals surface area contributed by atoms with Gasteiger partial charge in [-0.25, -0.2) is 0 Å². The van der Waals surface area contributed by atoms with Crippen LogP contribution >= 0.6 is 0 Å². The first kappa shape index (κ1) is 16.9. The van der Waals surface area contributed by atoms with Crippen molar-refractivity contribution in [1.82, 2.24) is 10.2 Å². The van der Waals surface area contributed by atoms with Gasteiger partial charge in [0.1, 0.15) is 0 Å². The predicted molar refractivity (Wildman–Crippen MR) is 82.6 cm³/mol. The summed E-state index contributed by atoms with van der Waals surface area (Å²) in [7, 11) is 0. The highest BCUT2D eigenvalue weighted by molar-refractivity contribution is 4.88. The van der Waals surface area contributed by atoms with Gasteiger partial charge in [-0.2, -0.15) is 0 Å². The zero-order valence-electron chi connectivity index (χ0n) is 13.6. The Morgan fingerprint density at radius 3 is 2.47 bits per heavy atom. The van der Waals surface area contributed by atoms with E-state index < -0.39 is 0 Å². The lowest BCUT2D eigenvalue weighted by molar-refractivity contribution is 0.0667. The number of nitrogens with zero attached hydrogens (tertiary/aromatic N) is 1. The molecular weight excluding hydrogens is 236 g/mol. The van der Waals surface area contributed by atoms with Gasteiger partial charge in [-0.3, -0.25) is 4.90 Å². The molecule has 0 saturated carbocycles. The zero-order chi connectivity index (χ0) is 14.3. The average molecular weight is 270 g/mol. The van der Waals surface area contributed by atoms with Crippen LogP contribution in [-0.4, -0.2) is 49.8 Å². The van der Waals surface area contributed by atoms with Gasteiger partial charge in [0.25, 0.3) is 0 Å². The summed E-state index contributed by atoms with van der Waals surface area (Å²) in [6.07, 6.45) is 2.28. The number of ether oxygens (including phenoxy) is 1. The van der Waals surface area contributed by atoms with Gasteiger partial charge in [0.15, 0.2) is 0 Å². The fraction of sp³-hybridized carbons (Fsp3) is 1.00. The van der Waals surface area contributed by atoms with Crippen molar-refractivity contribution in [3.63, 3.8) is 0 Å². The maximum absolute atomic E-state index is 5.60. The summed E-state index contributed by atoms with van der Waals surface area (Å²) in [6, 6.07) is 1.33. The van der Waals surface area contributed by atoms with Crippen LogP contribution < -0.4 is 5.32 Å². The van der Waals surface area contributed by atoms with E-state index in [1.807, 2.05) is 0 Å². The van der Waals surface area contributed by atoms with Gasteiger partial charge in [0, 0.05) is 44.9 Å². The molecule has 0 bridgehead atoms. The Kier molecular flexibility index (Phi) is 7.96. The van der Waals surface area contributed by atoms with Crippen molar-refractivity contribution in [2.45, 2.75) is 59.5 Å². The smallest absolute Gasteiger partial charge is 0.0478 e. The molecule has 2 unspecified atom stereocenters. The van der Waals surface area contributed by atoms with E-state index in [0.29, 0.717) is 18.0 Å². The fourth-order valence-electron chi connectivity index (χ4n) is 2.83. The van der Waals surface area contributed by atoms with Gasteiger partial charge in [-0.1, -0.05) is 34.6 Å². The molecule has 1 N–H and O–H groups in total. The lowest BCUT2D eigenvalue weighted by atomic mass is 9.94. The van der Waals surface area contributed by atoms with Crippen LogP contribution in [0.4, 0.5) is 0 Å². The first-order valence-corrected chi connectivity index (χ1v) is 8.11. The molecule has 1 fully saturated rings. The molecule has 1 aliphatic rings. The van der Waals surface area contributed by atoms with Crippen LogP contribution in [0.15, 0.2) is 0 Å². The van der Waals surface area contributed by atoms with Crippen molar-refractivity contribution in [1.29, 1.82) is 0 Å². The van der Waals surface area contributed by atoms with Crippen LogP contribution in [0.25, 0.3) is 0 Å². The summed E-state index contributed by atoms with van der Waals surface area (Å²) in [5.41, 5.74) is 0. The number of hydrogen-bond acceptors (Lipinski definition) is 3. The Hall–Kier alpha value is -0.120. The van der Waals surface area contributed by atoms with E-state index in [1.54, 1.807) is 0 Å². The van der Waals surface area contributed by atoms with Crippen LogP contribution in [0.1, 0.15) is 47.5 Å². The third kappa shape index (κ3) is 5.80. The normalized spacial score (nSPS) is 25.4. The molecule has 0 spiro atoms. The summed E-state index contributed by atoms with van der Waals surface area (Å²) in [5.74, 6) is 1.43.